The largest absolute Gasteiger partial charge is 0.248 e. The predicted octanol–water partition coefficient (Wildman–Crippen LogP) is 4.35. The molecular formula is C24H25BN-. The summed E-state index contributed by atoms with van der Waals surface area (Å²) in [5, 5.41) is 10.6. The molecule has 2 heteroatoms. The molecule has 0 aliphatic heterocycles. The molecule has 0 unspecified atom stereocenters. The van der Waals surface area contributed by atoms with Gasteiger partial charge in [-0.2, -0.15) is 16.7 Å². The maximum atomic E-state index is 10.6. The lowest BCUT2D eigenvalue weighted by molar-refractivity contribution is 1.33. The summed E-state index contributed by atoms with van der Waals surface area (Å²) in [5.74, 6) is 2.78. The number of aryl methyl sites for hydroxylation is 6. The summed E-state index contributed by atoms with van der Waals surface area (Å²) >= 11 is 0. The van der Waals surface area contributed by atoms with Gasteiger partial charge in [-0.25, -0.2) is 5.26 Å². The Hall–Kier alpha value is -2.75. The minimum absolute atomic E-state index is 0.984. The van der Waals surface area contributed by atoms with E-state index in [4.69, 9.17) is 0 Å². The van der Waals surface area contributed by atoms with Gasteiger partial charge < -0.3 is 0 Å². The highest BCUT2D eigenvalue weighted by Gasteiger charge is 2.36. The smallest absolute Gasteiger partial charge is 0.191 e. The van der Waals surface area contributed by atoms with E-state index in [9.17, 15) is 5.26 Å². The minimum Gasteiger partial charge on any atom is -0.248 e. The molecular weight excluding hydrogens is 313 g/mol. The highest BCUT2D eigenvalue weighted by molar-refractivity contribution is 7.13. The molecule has 0 atom stereocenters. The monoisotopic (exact) mass is 338 g/mol. The minimum atomic E-state index is -1.74. The number of nitrogens with zero attached hydrogens (tertiary/aromatic N) is 1. The van der Waals surface area contributed by atoms with Gasteiger partial charge >= 0.3 is 0 Å². The van der Waals surface area contributed by atoms with Crippen LogP contribution in [-0.4, -0.2) is 6.15 Å². The average molecular weight is 338 g/mol. The fraction of sp³-hybridized carbons (Fsp3) is 0.250. The van der Waals surface area contributed by atoms with Crippen molar-refractivity contribution in [3.63, 3.8) is 0 Å². The molecule has 0 saturated heterocycles. The number of rotatable bonds is 3. The van der Waals surface area contributed by atoms with Crippen molar-refractivity contribution in [1.82, 2.24) is 0 Å². The van der Waals surface area contributed by atoms with Gasteiger partial charge in [-0.15, -0.1) is 11.4 Å². The van der Waals surface area contributed by atoms with Gasteiger partial charge in [-0.1, -0.05) is 69.8 Å². The third-order valence-electron chi connectivity index (χ3n) is 5.62. The zero-order valence-corrected chi connectivity index (χ0v) is 16.6. The molecule has 0 N–H and O–H groups in total. The van der Waals surface area contributed by atoms with Crippen molar-refractivity contribution in [3.05, 3.63) is 87.1 Å². The highest BCUT2D eigenvalue weighted by atomic mass is 14.3. The number of hydrogen-bond donors (Lipinski definition) is 0. The van der Waals surface area contributed by atoms with Gasteiger partial charge in [0.05, 0.1) is 0 Å². The van der Waals surface area contributed by atoms with Crippen LogP contribution in [0.1, 0.15) is 33.4 Å². The summed E-state index contributed by atoms with van der Waals surface area (Å²) in [6.07, 6.45) is 4.22. The molecule has 0 fully saturated rings. The Bertz CT molecular complexity index is 937. The van der Waals surface area contributed by atoms with Gasteiger partial charge in [0.25, 0.3) is 0 Å². The first-order valence-electron chi connectivity index (χ1n) is 9.18. The molecule has 0 amide bonds. The molecule has 0 heterocycles. The van der Waals surface area contributed by atoms with Crippen molar-refractivity contribution < 1.29 is 0 Å². The second kappa shape index (κ2) is 6.52. The topological polar surface area (TPSA) is 23.8 Å². The van der Waals surface area contributed by atoms with Gasteiger partial charge in [-0.3, -0.25) is 0 Å². The summed E-state index contributed by atoms with van der Waals surface area (Å²) in [6, 6.07) is 8.77. The molecule has 26 heavy (non-hydrogen) atoms. The van der Waals surface area contributed by atoms with Gasteiger partial charge in [0.15, 0.2) is 6.15 Å². The summed E-state index contributed by atoms with van der Waals surface area (Å²) < 4.78 is 0. The molecule has 3 rings (SSSR count). The number of hydrogen-bond acceptors (Lipinski definition) is 1. The maximum absolute atomic E-state index is 10.6. The Balaban J connectivity index is 2.51. The zero-order valence-electron chi connectivity index (χ0n) is 16.6. The third kappa shape index (κ3) is 2.66. The van der Waals surface area contributed by atoms with Crippen molar-refractivity contribution in [2.24, 2.45) is 0 Å². The Labute approximate surface area is 157 Å². The van der Waals surface area contributed by atoms with Crippen LogP contribution in [-0.2, 0) is 0 Å². The normalized spacial score (nSPS) is 13.0. The summed E-state index contributed by atoms with van der Waals surface area (Å²) in [7, 11) is 0. The predicted molar refractivity (Wildman–Crippen MR) is 113 cm³/mol. The number of allylic oxidation sites excluding steroid dienone is 3. The van der Waals surface area contributed by atoms with E-state index in [2.05, 4.69) is 83.6 Å². The zero-order chi connectivity index (χ0) is 19.1. The van der Waals surface area contributed by atoms with E-state index in [1.54, 1.807) is 0 Å². The number of benzene rings is 2. The fourth-order valence-electron chi connectivity index (χ4n) is 5.02. The maximum Gasteiger partial charge on any atom is 0.191 e. The summed E-state index contributed by atoms with van der Waals surface area (Å²) in [5.41, 5.74) is 13.8. The van der Waals surface area contributed by atoms with Gasteiger partial charge in [0.2, 0.25) is 0 Å². The third-order valence-corrected chi connectivity index (χ3v) is 5.62. The second-order valence-electron chi connectivity index (χ2n) is 7.75. The number of nitriles is 1. The Morgan fingerprint density at radius 3 is 1.50 bits per heavy atom. The first kappa shape index (κ1) is 18.1. The lowest BCUT2D eigenvalue weighted by Gasteiger charge is -2.41. The van der Waals surface area contributed by atoms with Gasteiger partial charge in [0.1, 0.15) is 0 Å². The van der Waals surface area contributed by atoms with Crippen molar-refractivity contribution in [1.29, 1.82) is 5.26 Å². The molecule has 130 valence electrons. The van der Waals surface area contributed by atoms with Crippen LogP contribution < -0.4 is 10.9 Å². The molecule has 0 radical (unpaired) electrons. The van der Waals surface area contributed by atoms with Gasteiger partial charge in [0, 0.05) is 0 Å². The van der Waals surface area contributed by atoms with Crippen LogP contribution in [0, 0.1) is 52.8 Å². The SMILES string of the molecule is Cc1cc(C)c([B-](C#N)(C2=C=CC=C2)c2c(C)cc(C)cc2C)c(C)c1. The molecule has 1 aliphatic rings. The molecule has 1 nitrogen and oxygen atoms in total. The quantitative estimate of drug-likeness (QED) is 0.603. The van der Waals surface area contributed by atoms with E-state index in [1.807, 2.05) is 12.2 Å². The van der Waals surface area contributed by atoms with Gasteiger partial charge in [-0.05, 0) is 47.6 Å². The van der Waals surface area contributed by atoms with Crippen LogP contribution in [0.2, 0.25) is 0 Å². The van der Waals surface area contributed by atoms with Crippen LogP contribution in [0.15, 0.2) is 53.7 Å². The average Bonchev–Trinajstić information content (AvgIpc) is 3.06. The van der Waals surface area contributed by atoms with Crippen molar-refractivity contribution in [2.45, 2.75) is 41.5 Å². The van der Waals surface area contributed by atoms with Crippen LogP contribution in [0.3, 0.4) is 0 Å². The van der Waals surface area contributed by atoms with Crippen LogP contribution in [0.25, 0.3) is 0 Å². The molecule has 0 saturated carbocycles. The lowest BCUT2D eigenvalue weighted by Crippen LogP contribution is -2.62. The van der Waals surface area contributed by atoms with Crippen LogP contribution in [0.5, 0.6) is 0 Å². The van der Waals surface area contributed by atoms with E-state index in [-0.39, 0.29) is 0 Å². The van der Waals surface area contributed by atoms with Crippen molar-refractivity contribution >= 4 is 17.1 Å². The summed E-state index contributed by atoms with van der Waals surface area (Å²) in [4.78, 5) is 0. The van der Waals surface area contributed by atoms with Crippen LogP contribution in [0.4, 0.5) is 0 Å². The van der Waals surface area contributed by atoms with E-state index < -0.39 is 6.15 Å². The van der Waals surface area contributed by atoms with Crippen molar-refractivity contribution in [2.75, 3.05) is 0 Å². The first-order chi connectivity index (χ1) is 12.3. The van der Waals surface area contributed by atoms with Crippen LogP contribution >= 0.6 is 0 Å². The Morgan fingerprint density at radius 1 is 0.769 bits per heavy atom. The summed E-state index contributed by atoms with van der Waals surface area (Å²) in [6.45, 7) is 12.7. The first-order valence-corrected chi connectivity index (χ1v) is 9.18. The van der Waals surface area contributed by atoms with E-state index in [0.717, 1.165) is 16.4 Å². The van der Waals surface area contributed by atoms with E-state index in [0.29, 0.717) is 0 Å². The fourth-order valence-corrected chi connectivity index (χ4v) is 5.02. The molecule has 2 aromatic rings. The standard InChI is InChI=1S/C24H25BN/c1-16-11-18(3)23(19(4)12-16)25(15-26,22-9-7-8-10-22)24-20(5)13-17(2)14-21(24)6/h7-9,11-14H,1-6H3/q-1. The lowest BCUT2D eigenvalue weighted by atomic mass is 9.14. The molecule has 0 bridgehead atoms. The second-order valence-corrected chi connectivity index (χ2v) is 7.75. The Kier molecular flexibility index (Phi) is 4.53. The van der Waals surface area contributed by atoms with Crippen molar-refractivity contribution in [3.8, 4) is 5.97 Å². The molecule has 0 spiro atoms. The highest BCUT2D eigenvalue weighted by Crippen LogP contribution is 2.25. The molecule has 1 aliphatic carbocycles. The molecule has 2 aromatic carbocycles. The Morgan fingerprint density at radius 2 is 1.19 bits per heavy atom. The molecule has 0 aromatic heterocycles. The van der Waals surface area contributed by atoms with E-state index >= 15 is 0 Å². The van der Waals surface area contributed by atoms with E-state index in [1.165, 1.54) is 33.4 Å².